The van der Waals surface area contributed by atoms with Crippen LogP contribution in [0.2, 0.25) is 0 Å². The second-order valence-electron chi connectivity index (χ2n) is 7.44. The Morgan fingerprint density at radius 2 is 1.96 bits per heavy atom. The summed E-state index contributed by atoms with van der Waals surface area (Å²) >= 11 is 0. The van der Waals surface area contributed by atoms with Crippen LogP contribution < -0.4 is 4.90 Å². The molecule has 2 aromatic rings. The molecule has 6 heteroatoms. The molecule has 0 N–H and O–H groups in total. The maximum atomic E-state index is 13.1. The first-order chi connectivity index (χ1) is 13.6. The van der Waals surface area contributed by atoms with Crippen molar-refractivity contribution in [2.24, 2.45) is 0 Å². The van der Waals surface area contributed by atoms with Crippen molar-refractivity contribution in [3.63, 3.8) is 0 Å². The van der Waals surface area contributed by atoms with Gasteiger partial charge < -0.3 is 14.7 Å². The zero-order valence-electron chi connectivity index (χ0n) is 16.6. The van der Waals surface area contributed by atoms with Crippen LogP contribution in [0.4, 0.5) is 5.82 Å². The first kappa shape index (κ1) is 19.8. The van der Waals surface area contributed by atoms with Crippen molar-refractivity contribution in [1.82, 2.24) is 14.8 Å². The Morgan fingerprint density at radius 3 is 2.61 bits per heavy atom. The zero-order chi connectivity index (χ0) is 19.9. The number of carbonyl (C=O) groups is 1. The number of anilines is 1. The predicted octanol–water partition coefficient (Wildman–Crippen LogP) is 2.76. The highest BCUT2D eigenvalue weighted by atomic mass is 16.2. The van der Waals surface area contributed by atoms with Gasteiger partial charge in [0.25, 0.3) is 5.91 Å². The number of aromatic nitrogens is 1. The van der Waals surface area contributed by atoms with Crippen molar-refractivity contribution in [3.8, 4) is 6.07 Å². The first-order valence-corrected chi connectivity index (χ1v) is 9.71. The largest absolute Gasteiger partial charge is 0.357 e. The topological polar surface area (TPSA) is 63.5 Å². The van der Waals surface area contributed by atoms with E-state index in [2.05, 4.69) is 20.9 Å². The van der Waals surface area contributed by atoms with Crippen LogP contribution in [0.25, 0.3) is 0 Å². The van der Waals surface area contributed by atoms with Crippen LogP contribution in [-0.4, -0.2) is 61.0 Å². The molecule has 1 aliphatic rings. The molecule has 146 valence electrons. The molecule has 1 aliphatic heterocycles. The van der Waals surface area contributed by atoms with Gasteiger partial charge in [-0.25, -0.2) is 4.98 Å². The van der Waals surface area contributed by atoms with Crippen molar-refractivity contribution in [2.75, 3.05) is 45.2 Å². The molecule has 1 aromatic carbocycles. The lowest BCUT2D eigenvalue weighted by Gasteiger charge is -2.25. The van der Waals surface area contributed by atoms with Gasteiger partial charge in [0.05, 0.1) is 17.2 Å². The van der Waals surface area contributed by atoms with E-state index < -0.39 is 0 Å². The number of likely N-dealkylation sites (N-methyl/N-ethyl adjacent to an activating group) is 1. The summed E-state index contributed by atoms with van der Waals surface area (Å²) in [6.45, 7) is 3.91. The average molecular weight is 377 g/mol. The van der Waals surface area contributed by atoms with Crippen LogP contribution in [0.3, 0.4) is 0 Å². The standard InChI is InChI=1S/C22H27N5O/c1-25(2)12-13-27(17-19-7-5-6-18(14-19)15-23)22(28)20-8-9-21(24-16-20)26-10-3-4-11-26/h5-9,14,16H,3-4,10-13,17H2,1-2H3. The molecule has 0 spiro atoms. The van der Waals surface area contributed by atoms with E-state index >= 15 is 0 Å². The smallest absolute Gasteiger partial charge is 0.255 e. The maximum absolute atomic E-state index is 13.1. The number of benzene rings is 1. The minimum atomic E-state index is -0.0373. The quantitative estimate of drug-likeness (QED) is 0.742. The summed E-state index contributed by atoms with van der Waals surface area (Å²) in [5, 5.41) is 9.13. The second kappa shape index (κ2) is 9.34. The molecule has 0 aliphatic carbocycles. The minimum absolute atomic E-state index is 0.0373. The number of hydrogen-bond donors (Lipinski definition) is 0. The summed E-state index contributed by atoms with van der Waals surface area (Å²) in [6.07, 6.45) is 4.08. The monoisotopic (exact) mass is 377 g/mol. The lowest BCUT2D eigenvalue weighted by atomic mass is 10.1. The van der Waals surface area contributed by atoms with Gasteiger partial charge >= 0.3 is 0 Å². The van der Waals surface area contributed by atoms with Crippen LogP contribution in [0.5, 0.6) is 0 Å². The Morgan fingerprint density at radius 1 is 1.18 bits per heavy atom. The van der Waals surface area contributed by atoms with E-state index in [1.807, 2.05) is 49.3 Å². The van der Waals surface area contributed by atoms with Gasteiger partial charge in [-0.05, 0) is 56.8 Å². The van der Waals surface area contributed by atoms with E-state index in [9.17, 15) is 4.79 Å². The fourth-order valence-electron chi connectivity index (χ4n) is 3.36. The summed E-state index contributed by atoms with van der Waals surface area (Å²) in [5.41, 5.74) is 2.15. The van der Waals surface area contributed by atoms with Gasteiger partial charge in [-0.1, -0.05) is 12.1 Å². The summed E-state index contributed by atoms with van der Waals surface area (Å²) < 4.78 is 0. The normalized spacial score (nSPS) is 13.6. The molecule has 1 aromatic heterocycles. The van der Waals surface area contributed by atoms with Gasteiger partial charge in [0.2, 0.25) is 0 Å². The molecular weight excluding hydrogens is 350 g/mol. The summed E-state index contributed by atoms with van der Waals surface area (Å²) in [5.74, 6) is 0.903. The molecule has 3 rings (SSSR count). The SMILES string of the molecule is CN(C)CCN(Cc1cccc(C#N)c1)C(=O)c1ccc(N2CCCC2)nc1. The number of hydrogen-bond acceptors (Lipinski definition) is 5. The van der Waals surface area contributed by atoms with E-state index in [0.29, 0.717) is 24.2 Å². The molecule has 0 unspecified atom stereocenters. The van der Waals surface area contributed by atoms with Gasteiger partial charge in [-0.2, -0.15) is 5.26 Å². The molecule has 2 heterocycles. The molecule has 0 saturated carbocycles. The van der Waals surface area contributed by atoms with Crippen LogP contribution in [0.1, 0.15) is 34.3 Å². The van der Waals surface area contributed by atoms with Gasteiger partial charge in [0, 0.05) is 38.9 Å². The van der Waals surface area contributed by atoms with Gasteiger partial charge in [-0.15, -0.1) is 0 Å². The van der Waals surface area contributed by atoms with Crippen LogP contribution >= 0.6 is 0 Å². The predicted molar refractivity (Wildman–Crippen MR) is 110 cm³/mol. The number of pyridine rings is 1. The third kappa shape index (κ3) is 5.08. The molecule has 1 amide bonds. The number of amides is 1. The Balaban J connectivity index is 1.76. The Hall–Kier alpha value is -2.91. The fraction of sp³-hybridized carbons (Fsp3) is 0.409. The third-order valence-electron chi connectivity index (χ3n) is 4.96. The molecule has 1 saturated heterocycles. The molecule has 28 heavy (non-hydrogen) atoms. The van der Waals surface area contributed by atoms with Crippen molar-refractivity contribution in [2.45, 2.75) is 19.4 Å². The number of carbonyl (C=O) groups excluding carboxylic acids is 1. The molecule has 0 bridgehead atoms. The number of rotatable bonds is 7. The van der Waals surface area contributed by atoms with E-state index in [-0.39, 0.29) is 5.91 Å². The molecule has 6 nitrogen and oxygen atoms in total. The van der Waals surface area contributed by atoms with Gasteiger partial charge in [0.1, 0.15) is 5.82 Å². The molecule has 0 atom stereocenters. The summed E-state index contributed by atoms with van der Waals surface area (Å²) in [6, 6.07) is 13.4. The van der Waals surface area contributed by atoms with E-state index in [4.69, 9.17) is 5.26 Å². The second-order valence-corrected chi connectivity index (χ2v) is 7.44. The number of nitriles is 1. The van der Waals surface area contributed by atoms with Crippen LogP contribution in [0.15, 0.2) is 42.6 Å². The van der Waals surface area contributed by atoms with Gasteiger partial charge in [-0.3, -0.25) is 4.79 Å². The van der Waals surface area contributed by atoms with Crippen LogP contribution in [0, 0.1) is 11.3 Å². The highest BCUT2D eigenvalue weighted by Crippen LogP contribution is 2.19. The van der Waals surface area contributed by atoms with E-state index in [1.54, 1.807) is 12.3 Å². The highest BCUT2D eigenvalue weighted by molar-refractivity contribution is 5.94. The lowest BCUT2D eigenvalue weighted by Crippen LogP contribution is -2.36. The minimum Gasteiger partial charge on any atom is -0.357 e. The van der Waals surface area contributed by atoms with E-state index in [1.165, 1.54) is 12.8 Å². The lowest BCUT2D eigenvalue weighted by molar-refractivity contribution is 0.0731. The van der Waals surface area contributed by atoms with Crippen molar-refractivity contribution in [3.05, 3.63) is 59.3 Å². The summed E-state index contributed by atoms with van der Waals surface area (Å²) in [7, 11) is 3.98. The first-order valence-electron chi connectivity index (χ1n) is 9.71. The average Bonchev–Trinajstić information content (AvgIpc) is 3.25. The third-order valence-corrected chi connectivity index (χ3v) is 4.96. The Labute approximate surface area is 167 Å². The molecule has 1 fully saturated rings. The Bertz CT molecular complexity index is 835. The van der Waals surface area contributed by atoms with Crippen LogP contribution in [-0.2, 0) is 6.54 Å². The van der Waals surface area contributed by atoms with Crippen molar-refractivity contribution < 1.29 is 4.79 Å². The highest BCUT2D eigenvalue weighted by Gasteiger charge is 2.19. The fourth-order valence-corrected chi connectivity index (χ4v) is 3.36. The zero-order valence-corrected chi connectivity index (χ0v) is 16.6. The van der Waals surface area contributed by atoms with E-state index in [0.717, 1.165) is 31.0 Å². The summed E-state index contributed by atoms with van der Waals surface area (Å²) in [4.78, 5) is 23.8. The Kier molecular flexibility index (Phi) is 6.62. The molecule has 0 radical (unpaired) electrons. The molecular formula is C22H27N5O. The van der Waals surface area contributed by atoms with Crippen molar-refractivity contribution >= 4 is 11.7 Å². The van der Waals surface area contributed by atoms with Crippen molar-refractivity contribution in [1.29, 1.82) is 5.26 Å². The maximum Gasteiger partial charge on any atom is 0.255 e. The number of nitrogens with zero attached hydrogens (tertiary/aromatic N) is 5. The van der Waals surface area contributed by atoms with Gasteiger partial charge in [0.15, 0.2) is 0 Å².